The summed E-state index contributed by atoms with van der Waals surface area (Å²) in [6, 6.07) is 3.70. The topological polar surface area (TPSA) is 53.4 Å². The highest BCUT2D eigenvalue weighted by Crippen LogP contribution is 2.41. The van der Waals surface area contributed by atoms with Gasteiger partial charge in [0.05, 0.1) is 11.8 Å². The molecule has 102 valence electrons. The summed E-state index contributed by atoms with van der Waals surface area (Å²) in [5.74, 6) is 0. The summed E-state index contributed by atoms with van der Waals surface area (Å²) < 4.78 is 0.905. The number of rotatable bonds is 5. The highest BCUT2D eigenvalue weighted by Gasteiger charge is 2.37. The van der Waals surface area contributed by atoms with Gasteiger partial charge in [-0.25, -0.2) is 0 Å². The first-order valence-electron chi connectivity index (χ1n) is 6.15. The van der Waals surface area contributed by atoms with Crippen LogP contribution in [0.25, 0.3) is 0 Å². The maximum atomic E-state index is 10.2. The molecule has 0 saturated heterocycles. The molecule has 1 aromatic heterocycles. The van der Waals surface area contributed by atoms with Crippen molar-refractivity contribution in [2.24, 2.45) is 0 Å². The number of aliphatic hydroxyl groups is 1. The Hall–Kier alpha value is -0.233. The highest BCUT2D eigenvalue weighted by atomic mass is 79.9. The van der Waals surface area contributed by atoms with Gasteiger partial charge in [-0.05, 0) is 59.0 Å². The van der Waals surface area contributed by atoms with Crippen LogP contribution in [-0.2, 0) is 0 Å². The third-order valence-electron chi connectivity index (χ3n) is 3.79. The van der Waals surface area contributed by atoms with E-state index in [2.05, 4.69) is 34.8 Å². The molecule has 0 aliphatic rings. The maximum absolute atomic E-state index is 10.2. The molecule has 1 atom stereocenters. The zero-order valence-corrected chi connectivity index (χ0v) is 14.0. The smallest absolute Gasteiger partial charge is 0.188 e. The van der Waals surface area contributed by atoms with Gasteiger partial charge in [-0.2, -0.15) is 0 Å². The second kappa shape index (κ2) is 5.82. The number of aromatic nitrogens is 1. The quantitative estimate of drug-likeness (QED) is 0.810. The minimum atomic E-state index is -2.20. The second-order valence-corrected chi connectivity index (χ2v) is 11.3. The van der Waals surface area contributed by atoms with Gasteiger partial charge in [0.25, 0.3) is 0 Å². The van der Waals surface area contributed by atoms with E-state index in [1.165, 1.54) is 0 Å². The Labute approximate surface area is 119 Å². The van der Waals surface area contributed by atoms with Crippen LogP contribution >= 0.6 is 15.9 Å². The van der Waals surface area contributed by atoms with Crippen molar-refractivity contribution in [1.29, 1.82) is 0 Å². The molecule has 5 heteroatoms. The third kappa shape index (κ3) is 4.15. The Balaban J connectivity index is 2.61. The maximum Gasteiger partial charge on any atom is 0.188 e. The molecule has 3 nitrogen and oxygen atoms in total. The zero-order chi connectivity index (χ0) is 14.0. The normalized spacial score (nSPS) is 14.6. The van der Waals surface area contributed by atoms with Crippen LogP contribution in [0.3, 0.4) is 0 Å². The lowest BCUT2D eigenvalue weighted by atomic mass is 10.0. The van der Waals surface area contributed by atoms with Crippen molar-refractivity contribution in [3.63, 3.8) is 0 Å². The predicted molar refractivity (Wildman–Crippen MR) is 79.9 cm³/mol. The van der Waals surface area contributed by atoms with E-state index in [1.54, 1.807) is 6.20 Å². The molecule has 1 unspecified atom stereocenters. The number of halogens is 1. The van der Waals surface area contributed by atoms with Crippen LogP contribution < -0.4 is 0 Å². The van der Waals surface area contributed by atoms with Crippen LogP contribution in [0, 0.1) is 0 Å². The fourth-order valence-corrected chi connectivity index (χ4v) is 2.53. The van der Waals surface area contributed by atoms with Crippen molar-refractivity contribution < 1.29 is 9.90 Å². The standard InChI is InChI=1S/C13H22BrNO2Si/c1-13(2,18(3,4)17)8-7-12(16)11-6-5-10(14)9-15-11/h5-6,9,12,16-17H,7-8H2,1-4H3. The molecule has 18 heavy (non-hydrogen) atoms. The van der Waals surface area contributed by atoms with Crippen LogP contribution in [0.1, 0.15) is 38.5 Å². The lowest BCUT2D eigenvalue weighted by Crippen LogP contribution is -2.39. The van der Waals surface area contributed by atoms with Gasteiger partial charge >= 0.3 is 0 Å². The van der Waals surface area contributed by atoms with Gasteiger partial charge in [-0.1, -0.05) is 13.8 Å². The van der Waals surface area contributed by atoms with Gasteiger partial charge in [0, 0.05) is 10.7 Å². The van der Waals surface area contributed by atoms with Crippen LogP contribution in [0.15, 0.2) is 22.8 Å². The fourth-order valence-electron chi connectivity index (χ4n) is 1.54. The number of hydrogen-bond acceptors (Lipinski definition) is 3. The van der Waals surface area contributed by atoms with E-state index >= 15 is 0 Å². The summed E-state index contributed by atoms with van der Waals surface area (Å²) in [5, 5.41) is 9.99. The Kier molecular flexibility index (Phi) is 5.11. The van der Waals surface area contributed by atoms with E-state index in [4.69, 9.17) is 0 Å². The average Bonchev–Trinajstić information content (AvgIpc) is 2.25. The largest absolute Gasteiger partial charge is 0.432 e. The summed E-state index contributed by atoms with van der Waals surface area (Å²) in [4.78, 5) is 14.4. The molecule has 0 bridgehead atoms. The minimum absolute atomic E-state index is 0.108. The molecule has 0 aliphatic heterocycles. The number of aliphatic hydroxyl groups excluding tert-OH is 1. The molecule has 0 amide bonds. The van der Waals surface area contributed by atoms with Crippen LogP contribution in [-0.4, -0.2) is 23.2 Å². The molecule has 2 N–H and O–H groups in total. The summed E-state index contributed by atoms with van der Waals surface area (Å²) in [6.45, 7) is 8.02. The van der Waals surface area contributed by atoms with Crippen molar-refractivity contribution in [3.05, 3.63) is 28.5 Å². The van der Waals surface area contributed by atoms with E-state index < -0.39 is 14.4 Å². The van der Waals surface area contributed by atoms with Crippen molar-refractivity contribution in [2.45, 2.75) is 50.9 Å². The van der Waals surface area contributed by atoms with E-state index in [0.717, 1.165) is 10.9 Å². The van der Waals surface area contributed by atoms with Crippen LogP contribution in [0.5, 0.6) is 0 Å². The average molecular weight is 332 g/mol. The molecule has 1 heterocycles. The van der Waals surface area contributed by atoms with Gasteiger partial charge in [0.2, 0.25) is 0 Å². The summed E-state index contributed by atoms with van der Waals surface area (Å²) in [5.41, 5.74) is 0.686. The van der Waals surface area contributed by atoms with Crippen molar-refractivity contribution in [2.75, 3.05) is 0 Å². The number of nitrogens with zero attached hydrogens (tertiary/aromatic N) is 1. The van der Waals surface area contributed by atoms with E-state index in [1.807, 2.05) is 25.2 Å². The van der Waals surface area contributed by atoms with E-state index in [-0.39, 0.29) is 5.04 Å². The Bertz CT molecular complexity index is 387. The highest BCUT2D eigenvalue weighted by molar-refractivity contribution is 9.10. The van der Waals surface area contributed by atoms with Crippen LogP contribution in [0.2, 0.25) is 18.1 Å². The van der Waals surface area contributed by atoms with E-state index in [0.29, 0.717) is 12.1 Å². The monoisotopic (exact) mass is 331 g/mol. The first-order valence-corrected chi connectivity index (χ1v) is 9.89. The molecule has 1 rings (SSSR count). The summed E-state index contributed by atoms with van der Waals surface area (Å²) >= 11 is 3.32. The van der Waals surface area contributed by atoms with Crippen LogP contribution in [0.4, 0.5) is 0 Å². The molecule has 0 saturated carbocycles. The number of pyridine rings is 1. The van der Waals surface area contributed by atoms with Crippen molar-refractivity contribution >= 4 is 24.2 Å². The summed E-state index contributed by atoms with van der Waals surface area (Å²) in [7, 11) is -2.20. The van der Waals surface area contributed by atoms with Gasteiger partial charge in [0.1, 0.15) is 0 Å². The molecule has 0 fully saturated rings. The van der Waals surface area contributed by atoms with Gasteiger partial charge in [-0.15, -0.1) is 0 Å². The summed E-state index contributed by atoms with van der Waals surface area (Å²) in [6.07, 6.45) is 2.54. The molecule has 0 radical (unpaired) electrons. The van der Waals surface area contributed by atoms with Gasteiger partial charge < -0.3 is 9.90 Å². The Morgan fingerprint density at radius 2 is 2.00 bits per heavy atom. The molecule has 0 aromatic carbocycles. The first kappa shape index (κ1) is 15.8. The first-order chi connectivity index (χ1) is 8.13. The minimum Gasteiger partial charge on any atom is -0.432 e. The second-order valence-electron chi connectivity index (χ2n) is 5.90. The fraction of sp³-hybridized carbons (Fsp3) is 0.615. The Morgan fingerprint density at radius 3 is 2.44 bits per heavy atom. The van der Waals surface area contributed by atoms with Crippen molar-refractivity contribution in [1.82, 2.24) is 4.98 Å². The molecular weight excluding hydrogens is 310 g/mol. The lowest BCUT2D eigenvalue weighted by molar-refractivity contribution is 0.154. The number of hydrogen-bond donors (Lipinski definition) is 2. The zero-order valence-electron chi connectivity index (χ0n) is 11.4. The molecule has 1 aromatic rings. The molecule has 0 spiro atoms. The Morgan fingerprint density at radius 1 is 1.39 bits per heavy atom. The van der Waals surface area contributed by atoms with Gasteiger partial charge in [-0.3, -0.25) is 4.98 Å². The lowest BCUT2D eigenvalue weighted by Gasteiger charge is -2.35. The third-order valence-corrected chi connectivity index (χ3v) is 7.82. The van der Waals surface area contributed by atoms with Crippen molar-refractivity contribution in [3.8, 4) is 0 Å². The van der Waals surface area contributed by atoms with Gasteiger partial charge in [0.15, 0.2) is 8.32 Å². The molecule has 0 aliphatic carbocycles. The van der Waals surface area contributed by atoms with E-state index in [9.17, 15) is 9.90 Å². The molecular formula is C13H22BrNO2Si. The SMILES string of the molecule is CC(C)(CCC(O)c1ccc(Br)cn1)[Si](C)(C)O. The predicted octanol–water partition coefficient (Wildman–Crippen LogP) is 3.64.